The van der Waals surface area contributed by atoms with E-state index >= 15 is 0 Å². The average molecular weight is 372 g/mol. The van der Waals surface area contributed by atoms with E-state index in [9.17, 15) is 9.59 Å². The Morgan fingerprint density at radius 3 is 1.77 bits per heavy atom. The summed E-state index contributed by atoms with van der Waals surface area (Å²) in [6, 6.07) is -0.796. The fourth-order valence-electron chi connectivity index (χ4n) is 2.76. The van der Waals surface area contributed by atoms with Crippen molar-refractivity contribution in [2.45, 2.75) is 82.7 Å². The molecule has 0 spiro atoms. The summed E-state index contributed by atoms with van der Waals surface area (Å²) in [6.07, 6.45) is 9.25. The van der Waals surface area contributed by atoms with Gasteiger partial charge in [-0.1, -0.05) is 19.3 Å². The molecule has 26 heavy (non-hydrogen) atoms. The summed E-state index contributed by atoms with van der Waals surface area (Å²) in [6.45, 7) is 2.63. The Balaban J connectivity index is 3.58. The second-order valence-electron chi connectivity index (χ2n) is 7.04. The van der Waals surface area contributed by atoms with Gasteiger partial charge < -0.3 is 28.3 Å². The van der Waals surface area contributed by atoms with Gasteiger partial charge in [0, 0.05) is 19.4 Å². The third-order valence-corrected chi connectivity index (χ3v) is 4.56. The molecule has 0 radical (unpaired) electrons. The number of Topliss-reactive ketones (excluding diaryl/α,β-unsaturated/α-hetero) is 2. The smallest absolute Gasteiger partial charge is 0.150 e. The van der Waals surface area contributed by atoms with Crippen molar-refractivity contribution in [3.8, 4) is 0 Å². The van der Waals surface area contributed by atoms with E-state index in [4.69, 9.17) is 22.9 Å². The van der Waals surface area contributed by atoms with E-state index in [2.05, 4.69) is 5.32 Å². The minimum Gasteiger partial charge on any atom is -0.330 e. The van der Waals surface area contributed by atoms with Crippen LogP contribution >= 0.6 is 0 Å². The zero-order valence-corrected chi connectivity index (χ0v) is 16.4. The van der Waals surface area contributed by atoms with Gasteiger partial charge in [0.1, 0.15) is 5.78 Å². The second-order valence-corrected chi connectivity index (χ2v) is 7.04. The molecular formula is C19H41N5O2. The van der Waals surface area contributed by atoms with Crippen LogP contribution in [-0.4, -0.2) is 49.8 Å². The molecule has 0 fully saturated rings. The van der Waals surface area contributed by atoms with Crippen LogP contribution in [0.3, 0.4) is 0 Å². The lowest BCUT2D eigenvalue weighted by atomic mass is 10.0. The Bertz CT molecular complexity index is 332. The lowest BCUT2D eigenvalue weighted by Gasteiger charge is -2.13. The van der Waals surface area contributed by atoms with E-state index < -0.39 is 6.04 Å². The molecular weight excluding hydrogens is 330 g/mol. The highest BCUT2D eigenvalue weighted by molar-refractivity contribution is 5.84. The molecule has 154 valence electrons. The number of hydrogen-bond acceptors (Lipinski definition) is 7. The quantitative estimate of drug-likeness (QED) is 0.208. The Hall–Kier alpha value is -0.860. The predicted octanol–water partition coefficient (Wildman–Crippen LogP) is 0.577. The van der Waals surface area contributed by atoms with Crippen LogP contribution in [0.15, 0.2) is 0 Å². The van der Waals surface area contributed by atoms with Crippen molar-refractivity contribution in [1.82, 2.24) is 5.32 Å². The van der Waals surface area contributed by atoms with Crippen molar-refractivity contribution >= 4 is 11.6 Å². The molecule has 0 saturated carbocycles. The van der Waals surface area contributed by atoms with Gasteiger partial charge in [-0.25, -0.2) is 0 Å². The highest BCUT2D eigenvalue weighted by atomic mass is 16.1. The van der Waals surface area contributed by atoms with Crippen molar-refractivity contribution in [3.05, 3.63) is 0 Å². The van der Waals surface area contributed by atoms with Gasteiger partial charge in [-0.05, 0) is 58.2 Å². The van der Waals surface area contributed by atoms with Crippen LogP contribution in [0, 0.1) is 0 Å². The number of unbranched alkanes of at least 4 members (excludes halogenated alkanes) is 5. The van der Waals surface area contributed by atoms with Crippen molar-refractivity contribution in [2.75, 3.05) is 26.2 Å². The zero-order valence-electron chi connectivity index (χ0n) is 16.4. The van der Waals surface area contributed by atoms with Gasteiger partial charge >= 0.3 is 0 Å². The maximum atomic E-state index is 11.9. The summed E-state index contributed by atoms with van der Waals surface area (Å²) in [7, 11) is 0. The Morgan fingerprint density at radius 1 is 0.692 bits per heavy atom. The second kappa shape index (κ2) is 17.5. The zero-order chi connectivity index (χ0) is 19.6. The number of rotatable bonds is 19. The molecule has 0 aliphatic carbocycles. The van der Waals surface area contributed by atoms with Gasteiger partial charge in [0.15, 0.2) is 5.78 Å². The van der Waals surface area contributed by atoms with Crippen LogP contribution < -0.4 is 28.3 Å². The molecule has 0 aliphatic heterocycles. The summed E-state index contributed by atoms with van der Waals surface area (Å²) in [5, 5.41) is 3.22. The summed E-state index contributed by atoms with van der Waals surface area (Å²) in [4.78, 5) is 23.7. The highest BCUT2D eigenvalue weighted by Crippen LogP contribution is 2.06. The normalized spacial score (nSPS) is 13.5. The Labute approximate surface area is 159 Å². The predicted molar refractivity (Wildman–Crippen MR) is 108 cm³/mol. The molecule has 0 aromatic heterocycles. The molecule has 0 rings (SSSR count). The fourth-order valence-corrected chi connectivity index (χ4v) is 2.76. The maximum Gasteiger partial charge on any atom is 0.150 e. The van der Waals surface area contributed by atoms with Crippen LogP contribution in [0.4, 0.5) is 0 Å². The van der Waals surface area contributed by atoms with Crippen molar-refractivity contribution < 1.29 is 9.59 Å². The minimum atomic E-state index is -0.440. The summed E-state index contributed by atoms with van der Waals surface area (Å²) < 4.78 is 0. The van der Waals surface area contributed by atoms with Crippen molar-refractivity contribution in [3.63, 3.8) is 0 Å². The molecule has 7 heteroatoms. The largest absolute Gasteiger partial charge is 0.330 e. The number of carbonyl (C=O) groups is 2. The highest BCUT2D eigenvalue weighted by Gasteiger charge is 2.13. The van der Waals surface area contributed by atoms with Gasteiger partial charge in [-0.2, -0.15) is 0 Å². The molecule has 2 unspecified atom stereocenters. The Morgan fingerprint density at radius 2 is 1.23 bits per heavy atom. The lowest BCUT2D eigenvalue weighted by Crippen LogP contribution is -2.40. The van der Waals surface area contributed by atoms with Gasteiger partial charge in [0.2, 0.25) is 0 Å². The van der Waals surface area contributed by atoms with E-state index in [1.807, 2.05) is 0 Å². The van der Waals surface area contributed by atoms with Crippen LogP contribution in [-0.2, 0) is 9.59 Å². The minimum absolute atomic E-state index is 0.108. The van der Waals surface area contributed by atoms with Crippen LogP contribution in [0.25, 0.3) is 0 Å². The first-order valence-corrected chi connectivity index (χ1v) is 10.2. The van der Waals surface area contributed by atoms with E-state index in [1.165, 1.54) is 0 Å². The first-order valence-electron chi connectivity index (χ1n) is 10.2. The topological polar surface area (TPSA) is 150 Å². The van der Waals surface area contributed by atoms with Crippen LogP contribution in [0.2, 0.25) is 0 Å². The molecule has 0 bridgehead atoms. The number of ketones is 2. The lowest BCUT2D eigenvalue weighted by molar-refractivity contribution is -0.121. The SMILES string of the molecule is NCCCCCC(=O)C(N)CCCCNCC(N)C(=O)CCCCCN. The molecule has 0 amide bonds. The van der Waals surface area contributed by atoms with Gasteiger partial charge in [-0.3, -0.25) is 9.59 Å². The number of hydrogen-bond donors (Lipinski definition) is 5. The average Bonchev–Trinajstić information content (AvgIpc) is 2.64. The summed E-state index contributed by atoms with van der Waals surface area (Å²) >= 11 is 0. The van der Waals surface area contributed by atoms with Crippen LogP contribution in [0.1, 0.15) is 70.6 Å². The van der Waals surface area contributed by atoms with Gasteiger partial charge in [0.25, 0.3) is 0 Å². The third kappa shape index (κ3) is 14.3. The number of nitrogens with one attached hydrogen (secondary N) is 1. The first-order chi connectivity index (χ1) is 12.5. The molecule has 9 N–H and O–H groups in total. The van der Waals surface area contributed by atoms with Gasteiger partial charge in [0.05, 0.1) is 12.1 Å². The molecule has 7 nitrogen and oxygen atoms in total. The van der Waals surface area contributed by atoms with E-state index in [-0.39, 0.29) is 17.6 Å². The summed E-state index contributed by atoms with van der Waals surface area (Å²) in [5.74, 6) is 0.258. The van der Waals surface area contributed by atoms with Crippen molar-refractivity contribution in [1.29, 1.82) is 0 Å². The summed E-state index contributed by atoms with van der Waals surface area (Å²) in [5.41, 5.74) is 22.7. The molecule has 0 aliphatic rings. The van der Waals surface area contributed by atoms with E-state index in [0.717, 1.165) is 57.9 Å². The molecule has 0 heterocycles. The van der Waals surface area contributed by atoms with Crippen molar-refractivity contribution in [2.24, 2.45) is 22.9 Å². The first kappa shape index (κ1) is 25.1. The molecule has 0 aromatic carbocycles. The maximum absolute atomic E-state index is 11.9. The fraction of sp³-hybridized carbons (Fsp3) is 0.895. The van der Waals surface area contributed by atoms with Crippen LogP contribution in [0.5, 0.6) is 0 Å². The molecule has 0 saturated heterocycles. The number of carbonyl (C=O) groups excluding carboxylic acids is 2. The monoisotopic (exact) mass is 371 g/mol. The van der Waals surface area contributed by atoms with E-state index in [1.54, 1.807) is 0 Å². The third-order valence-electron chi connectivity index (χ3n) is 4.56. The molecule has 2 atom stereocenters. The van der Waals surface area contributed by atoms with E-state index in [0.29, 0.717) is 38.9 Å². The standard InChI is InChI=1S/C19H41N5O2/c20-12-6-1-3-10-18(25)16(22)9-5-8-14-24-15-17(23)19(26)11-4-2-7-13-21/h16-17,24H,1-15,20-23H2. The number of nitrogens with two attached hydrogens (primary N) is 4. The Kier molecular flexibility index (Phi) is 17.0. The molecule has 0 aromatic rings. The van der Waals surface area contributed by atoms with Gasteiger partial charge in [-0.15, -0.1) is 0 Å².